The van der Waals surface area contributed by atoms with Crippen molar-refractivity contribution in [1.82, 2.24) is 18.9 Å². The summed E-state index contributed by atoms with van der Waals surface area (Å²) < 4.78 is 10.1. The van der Waals surface area contributed by atoms with E-state index < -0.39 is 0 Å². The van der Waals surface area contributed by atoms with Gasteiger partial charge in [0, 0.05) is 30.4 Å². The SMILES string of the molecule is Cc1nc(SCc2cn3cc(Cl)ccc3n2)n(CC2CCCO2)c1C. The maximum Gasteiger partial charge on any atom is 0.168 e. The Bertz CT molecular complexity index is 898. The quantitative estimate of drug-likeness (QED) is 0.623. The van der Waals surface area contributed by atoms with Crippen LogP contribution >= 0.6 is 23.4 Å². The molecule has 0 amide bonds. The van der Waals surface area contributed by atoms with Crippen LogP contribution in [0.25, 0.3) is 5.65 Å². The zero-order valence-electron chi connectivity index (χ0n) is 14.4. The van der Waals surface area contributed by atoms with E-state index in [0.29, 0.717) is 11.1 Å². The zero-order chi connectivity index (χ0) is 17.4. The largest absolute Gasteiger partial charge is 0.376 e. The van der Waals surface area contributed by atoms with Crippen LogP contribution in [0.15, 0.2) is 29.7 Å². The standard InChI is InChI=1S/C18H21ClN4OS/c1-12-13(2)23(10-16-4-3-7-24-16)18(20-12)25-11-15-9-22-8-14(19)5-6-17(22)21-15/h5-6,8-9,16H,3-4,7,10-11H2,1-2H3. The van der Waals surface area contributed by atoms with Crippen LogP contribution in [0.4, 0.5) is 0 Å². The Morgan fingerprint density at radius 1 is 1.28 bits per heavy atom. The zero-order valence-corrected chi connectivity index (χ0v) is 16.0. The molecule has 4 rings (SSSR count). The third-order valence-corrected chi connectivity index (χ3v) is 5.88. The Morgan fingerprint density at radius 2 is 2.16 bits per heavy atom. The molecule has 1 unspecified atom stereocenters. The minimum absolute atomic E-state index is 0.309. The molecule has 1 atom stereocenters. The molecule has 132 valence electrons. The number of hydrogen-bond donors (Lipinski definition) is 0. The van der Waals surface area contributed by atoms with Gasteiger partial charge in [0.1, 0.15) is 5.65 Å². The van der Waals surface area contributed by atoms with Crippen molar-refractivity contribution in [2.75, 3.05) is 6.61 Å². The average Bonchev–Trinajstić information content (AvgIpc) is 3.29. The van der Waals surface area contributed by atoms with Crippen LogP contribution < -0.4 is 0 Å². The summed E-state index contributed by atoms with van der Waals surface area (Å²) in [7, 11) is 0. The molecular weight excluding hydrogens is 356 g/mol. The van der Waals surface area contributed by atoms with E-state index in [-0.39, 0.29) is 0 Å². The van der Waals surface area contributed by atoms with Crippen molar-refractivity contribution in [2.45, 2.75) is 50.2 Å². The van der Waals surface area contributed by atoms with Crippen molar-refractivity contribution in [3.8, 4) is 0 Å². The van der Waals surface area contributed by atoms with Gasteiger partial charge in [-0.25, -0.2) is 9.97 Å². The van der Waals surface area contributed by atoms with E-state index in [1.165, 1.54) is 5.69 Å². The van der Waals surface area contributed by atoms with E-state index in [0.717, 1.165) is 53.9 Å². The molecule has 0 N–H and O–H groups in total. The average molecular weight is 377 g/mol. The Hall–Kier alpha value is -1.50. The minimum Gasteiger partial charge on any atom is -0.376 e. The highest BCUT2D eigenvalue weighted by Gasteiger charge is 2.20. The molecule has 0 bridgehead atoms. The number of halogens is 1. The molecule has 1 aliphatic heterocycles. The second-order valence-corrected chi connectivity index (χ2v) is 7.82. The molecule has 3 aromatic rings. The molecule has 0 aromatic carbocycles. The molecule has 3 aromatic heterocycles. The Kier molecular flexibility index (Phi) is 4.75. The highest BCUT2D eigenvalue weighted by Crippen LogP contribution is 2.27. The first kappa shape index (κ1) is 16.9. The Morgan fingerprint density at radius 3 is 2.96 bits per heavy atom. The van der Waals surface area contributed by atoms with E-state index in [2.05, 4.69) is 23.4 Å². The normalized spacial score (nSPS) is 17.6. The molecule has 25 heavy (non-hydrogen) atoms. The van der Waals surface area contributed by atoms with E-state index in [1.807, 2.05) is 28.9 Å². The molecule has 0 radical (unpaired) electrons. The summed E-state index contributed by atoms with van der Waals surface area (Å²) in [6.45, 7) is 5.96. The molecule has 0 spiro atoms. The number of ether oxygens (including phenoxy) is 1. The number of hydrogen-bond acceptors (Lipinski definition) is 4. The number of aryl methyl sites for hydroxylation is 1. The number of thioether (sulfide) groups is 1. The smallest absolute Gasteiger partial charge is 0.168 e. The van der Waals surface area contributed by atoms with Crippen molar-refractivity contribution in [3.05, 3.63) is 46.6 Å². The molecule has 1 fully saturated rings. The lowest BCUT2D eigenvalue weighted by Crippen LogP contribution is -2.16. The third kappa shape index (κ3) is 3.57. The van der Waals surface area contributed by atoms with Crippen molar-refractivity contribution >= 4 is 29.0 Å². The number of aromatic nitrogens is 4. The van der Waals surface area contributed by atoms with Crippen molar-refractivity contribution in [3.63, 3.8) is 0 Å². The van der Waals surface area contributed by atoms with Gasteiger partial charge in [-0.05, 0) is 38.8 Å². The third-order valence-electron chi connectivity index (χ3n) is 4.65. The highest BCUT2D eigenvalue weighted by atomic mass is 35.5. The fourth-order valence-electron chi connectivity index (χ4n) is 3.17. The van der Waals surface area contributed by atoms with Crippen molar-refractivity contribution in [1.29, 1.82) is 0 Å². The molecule has 0 aliphatic carbocycles. The summed E-state index contributed by atoms with van der Waals surface area (Å²) in [6.07, 6.45) is 6.51. The molecule has 0 saturated carbocycles. The van der Waals surface area contributed by atoms with Crippen LogP contribution in [0.3, 0.4) is 0 Å². The Balaban J connectivity index is 1.52. The fourth-order valence-corrected chi connectivity index (χ4v) is 4.32. The number of fused-ring (bicyclic) bond motifs is 1. The second kappa shape index (κ2) is 7.02. The van der Waals surface area contributed by atoms with Gasteiger partial charge in [0.2, 0.25) is 0 Å². The number of nitrogens with zero attached hydrogens (tertiary/aromatic N) is 4. The summed E-state index contributed by atoms with van der Waals surface area (Å²) in [4.78, 5) is 9.40. The summed E-state index contributed by atoms with van der Waals surface area (Å²) in [5.41, 5.74) is 4.24. The van der Waals surface area contributed by atoms with Crippen molar-refractivity contribution in [2.24, 2.45) is 0 Å². The lowest BCUT2D eigenvalue weighted by atomic mass is 10.2. The molecule has 5 nitrogen and oxygen atoms in total. The first-order valence-electron chi connectivity index (χ1n) is 8.51. The maximum absolute atomic E-state index is 6.04. The van der Waals surface area contributed by atoms with E-state index in [4.69, 9.17) is 21.3 Å². The lowest BCUT2D eigenvalue weighted by molar-refractivity contribution is 0.0945. The monoisotopic (exact) mass is 376 g/mol. The van der Waals surface area contributed by atoms with E-state index in [1.54, 1.807) is 11.8 Å². The predicted molar refractivity (Wildman–Crippen MR) is 100 cm³/mol. The molecule has 1 aliphatic rings. The van der Waals surface area contributed by atoms with Crippen LogP contribution in [-0.2, 0) is 17.0 Å². The summed E-state index contributed by atoms with van der Waals surface area (Å²) in [5, 5.41) is 1.75. The van der Waals surface area contributed by atoms with Crippen LogP contribution in [0.1, 0.15) is 29.9 Å². The highest BCUT2D eigenvalue weighted by molar-refractivity contribution is 7.98. The lowest BCUT2D eigenvalue weighted by Gasteiger charge is -2.14. The van der Waals surface area contributed by atoms with Gasteiger partial charge in [-0.3, -0.25) is 0 Å². The first-order valence-corrected chi connectivity index (χ1v) is 9.88. The van der Waals surface area contributed by atoms with Gasteiger partial charge in [0.25, 0.3) is 0 Å². The molecule has 4 heterocycles. The first-order chi connectivity index (χ1) is 12.1. The van der Waals surface area contributed by atoms with Gasteiger partial charge in [0.15, 0.2) is 5.16 Å². The van der Waals surface area contributed by atoms with Crippen LogP contribution in [-0.4, -0.2) is 31.6 Å². The second-order valence-electron chi connectivity index (χ2n) is 6.44. The molecule has 7 heteroatoms. The molecule has 1 saturated heterocycles. The number of pyridine rings is 1. The molecular formula is C18H21ClN4OS. The summed E-state index contributed by atoms with van der Waals surface area (Å²) in [5.74, 6) is 0.778. The van der Waals surface area contributed by atoms with Crippen LogP contribution in [0, 0.1) is 13.8 Å². The van der Waals surface area contributed by atoms with Gasteiger partial charge < -0.3 is 13.7 Å². The van der Waals surface area contributed by atoms with E-state index >= 15 is 0 Å². The van der Waals surface area contributed by atoms with Crippen molar-refractivity contribution < 1.29 is 4.74 Å². The minimum atomic E-state index is 0.309. The topological polar surface area (TPSA) is 44.4 Å². The summed E-state index contributed by atoms with van der Waals surface area (Å²) >= 11 is 7.77. The number of rotatable bonds is 5. The van der Waals surface area contributed by atoms with Gasteiger partial charge in [-0.2, -0.15) is 0 Å². The van der Waals surface area contributed by atoms with Gasteiger partial charge in [0.05, 0.1) is 29.1 Å². The summed E-state index contributed by atoms with van der Waals surface area (Å²) in [6, 6.07) is 3.80. The maximum atomic E-state index is 6.04. The van der Waals surface area contributed by atoms with Crippen LogP contribution in [0.5, 0.6) is 0 Å². The predicted octanol–water partition coefficient (Wildman–Crippen LogP) is 4.27. The van der Waals surface area contributed by atoms with E-state index in [9.17, 15) is 0 Å². The van der Waals surface area contributed by atoms with Gasteiger partial charge >= 0.3 is 0 Å². The number of imidazole rings is 2. The van der Waals surface area contributed by atoms with Gasteiger partial charge in [-0.15, -0.1) is 0 Å². The Labute approximate surface area is 156 Å². The van der Waals surface area contributed by atoms with Gasteiger partial charge in [-0.1, -0.05) is 23.4 Å². The van der Waals surface area contributed by atoms with Crippen LogP contribution in [0.2, 0.25) is 5.02 Å². The fraction of sp³-hybridized carbons (Fsp3) is 0.444.